The quantitative estimate of drug-likeness (QED) is 0.668. The summed E-state index contributed by atoms with van der Waals surface area (Å²) in [6.07, 6.45) is 0. The maximum absolute atomic E-state index is 12.1. The summed E-state index contributed by atoms with van der Waals surface area (Å²) in [6, 6.07) is 20.9. The van der Waals surface area contributed by atoms with Gasteiger partial charge in [0.1, 0.15) is 6.61 Å². The van der Waals surface area contributed by atoms with Gasteiger partial charge in [-0.05, 0) is 23.6 Å². The molecule has 0 aliphatic rings. The van der Waals surface area contributed by atoms with Gasteiger partial charge < -0.3 is 20.1 Å². The van der Waals surface area contributed by atoms with Gasteiger partial charge in [-0.3, -0.25) is 0 Å². The number of rotatable bonds is 6. The number of fused-ring (bicyclic) bond motifs is 1. The number of nitrogens with one attached hydrogen (secondary N) is 2. The largest absolute Gasteiger partial charge is 0.493 e. The first kappa shape index (κ1) is 16.6. The summed E-state index contributed by atoms with van der Waals surface area (Å²) in [5.74, 6) is 1.32. The maximum atomic E-state index is 12.1. The Kier molecular flexibility index (Phi) is 5.36. The third kappa shape index (κ3) is 4.20. The summed E-state index contributed by atoms with van der Waals surface area (Å²) in [4.78, 5) is 12.1. The van der Waals surface area contributed by atoms with Crippen LogP contribution in [0, 0.1) is 0 Å². The molecule has 5 nitrogen and oxygen atoms in total. The second-order valence-corrected chi connectivity index (χ2v) is 5.41. The van der Waals surface area contributed by atoms with Crippen LogP contribution in [-0.2, 0) is 0 Å². The van der Waals surface area contributed by atoms with Gasteiger partial charge in [0, 0.05) is 5.39 Å². The van der Waals surface area contributed by atoms with Crippen LogP contribution in [0.15, 0.2) is 66.7 Å². The molecular formula is C20H20N2O3. The van der Waals surface area contributed by atoms with E-state index in [1.54, 1.807) is 7.11 Å². The van der Waals surface area contributed by atoms with Crippen LogP contribution in [0.3, 0.4) is 0 Å². The van der Waals surface area contributed by atoms with Crippen LogP contribution in [0.1, 0.15) is 0 Å². The Labute approximate surface area is 146 Å². The summed E-state index contributed by atoms with van der Waals surface area (Å²) >= 11 is 0. The average molecular weight is 336 g/mol. The number of hydrogen-bond donors (Lipinski definition) is 2. The highest BCUT2D eigenvalue weighted by molar-refractivity contribution is 6.01. The van der Waals surface area contributed by atoms with Crippen molar-refractivity contribution >= 4 is 22.5 Å². The topological polar surface area (TPSA) is 59.6 Å². The van der Waals surface area contributed by atoms with E-state index < -0.39 is 0 Å². The van der Waals surface area contributed by atoms with E-state index in [1.165, 1.54) is 0 Å². The molecule has 0 aliphatic heterocycles. The minimum atomic E-state index is -0.264. The molecule has 0 saturated heterocycles. The lowest BCUT2D eigenvalue weighted by atomic mass is 10.1. The molecule has 2 N–H and O–H groups in total. The van der Waals surface area contributed by atoms with E-state index in [4.69, 9.17) is 9.47 Å². The first-order valence-electron chi connectivity index (χ1n) is 8.06. The molecule has 2 amide bonds. The number of methoxy groups -OCH3 is 1. The molecule has 3 aromatic carbocycles. The second-order valence-electron chi connectivity index (χ2n) is 5.41. The highest BCUT2D eigenvalue weighted by Crippen LogP contribution is 2.25. The Bertz CT molecular complexity index is 859. The molecule has 0 bridgehead atoms. The normalized spacial score (nSPS) is 10.3. The predicted molar refractivity (Wildman–Crippen MR) is 99.5 cm³/mol. The first-order valence-corrected chi connectivity index (χ1v) is 8.06. The van der Waals surface area contributed by atoms with Gasteiger partial charge in [-0.15, -0.1) is 0 Å². The van der Waals surface area contributed by atoms with Crippen LogP contribution in [0.25, 0.3) is 10.8 Å². The van der Waals surface area contributed by atoms with Gasteiger partial charge in [0.25, 0.3) is 0 Å². The number of para-hydroxylation sites is 2. The van der Waals surface area contributed by atoms with Gasteiger partial charge >= 0.3 is 6.03 Å². The van der Waals surface area contributed by atoms with Crippen molar-refractivity contribution < 1.29 is 14.3 Å². The van der Waals surface area contributed by atoms with E-state index in [2.05, 4.69) is 10.6 Å². The molecule has 0 radical (unpaired) electrons. The van der Waals surface area contributed by atoms with Crippen LogP contribution >= 0.6 is 0 Å². The summed E-state index contributed by atoms with van der Waals surface area (Å²) in [7, 11) is 1.60. The van der Waals surface area contributed by atoms with Crippen molar-refractivity contribution in [2.45, 2.75) is 0 Å². The lowest BCUT2D eigenvalue weighted by Crippen LogP contribution is -2.32. The highest BCUT2D eigenvalue weighted by Gasteiger charge is 2.06. The summed E-state index contributed by atoms with van der Waals surface area (Å²) in [5, 5.41) is 7.75. The molecule has 128 valence electrons. The zero-order chi connectivity index (χ0) is 17.5. The number of carbonyl (C=O) groups excluding carboxylic acids is 1. The second kappa shape index (κ2) is 8.06. The third-order valence-corrected chi connectivity index (χ3v) is 3.75. The lowest BCUT2D eigenvalue weighted by molar-refractivity contribution is 0.246. The fourth-order valence-corrected chi connectivity index (χ4v) is 2.56. The smallest absolute Gasteiger partial charge is 0.319 e. The summed E-state index contributed by atoms with van der Waals surface area (Å²) < 4.78 is 10.9. The maximum Gasteiger partial charge on any atom is 0.319 e. The van der Waals surface area contributed by atoms with Gasteiger partial charge in [0.05, 0.1) is 19.3 Å². The average Bonchev–Trinajstić information content (AvgIpc) is 2.66. The molecule has 0 atom stereocenters. The molecule has 0 aromatic heterocycles. The van der Waals surface area contributed by atoms with Gasteiger partial charge in [-0.25, -0.2) is 4.79 Å². The van der Waals surface area contributed by atoms with E-state index >= 15 is 0 Å². The zero-order valence-electron chi connectivity index (χ0n) is 14.0. The summed E-state index contributed by atoms with van der Waals surface area (Å²) in [5.41, 5.74) is 0.779. The van der Waals surface area contributed by atoms with E-state index in [9.17, 15) is 4.79 Å². The molecule has 0 heterocycles. The van der Waals surface area contributed by atoms with Gasteiger partial charge in [-0.1, -0.05) is 48.5 Å². The number of urea groups is 1. The van der Waals surface area contributed by atoms with Crippen molar-refractivity contribution in [2.75, 3.05) is 25.6 Å². The van der Waals surface area contributed by atoms with Gasteiger partial charge in [0.2, 0.25) is 0 Å². The van der Waals surface area contributed by atoms with Crippen molar-refractivity contribution in [1.29, 1.82) is 0 Å². The molecule has 0 fully saturated rings. The Morgan fingerprint density at radius 2 is 1.64 bits per heavy atom. The number of anilines is 1. The van der Waals surface area contributed by atoms with Gasteiger partial charge in [0.15, 0.2) is 11.5 Å². The molecular weight excluding hydrogens is 316 g/mol. The van der Waals surface area contributed by atoms with E-state index in [0.29, 0.717) is 24.7 Å². The zero-order valence-corrected chi connectivity index (χ0v) is 14.0. The Morgan fingerprint density at radius 1 is 0.920 bits per heavy atom. The standard InChI is InChI=1S/C20H20N2O3/c1-24-18-11-4-5-12-19(18)25-14-13-21-20(23)22-17-10-6-8-15-7-2-3-9-16(15)17/h2-12H,13-14H2,1H3,(H2,21,22,23). The third-order valence-electron chi connectivity index (χ3n) is 3.75. The van der Waals surface area contributed by atoms with Crippen molar-refractivity contribution in [3.8, 4) is 11.5 Å². The van der Waals surface area contributed by atoms with Crippen LogP contribution in [0.2, 0.25) is 0 Å². The number of benzene rings is 3. The predicted octanol–water partition coefficient (Wildman–Crippen LogP) is 4.05. The molecule has 0 aliphatic carbocycles. The van der Waals surface area contributed by atoms with Crippen molar-refractivity contribution in [3.63, 3.8) is 0 Å². The molecule has 0 spiro atoms. The SMILES string of the molecule is COc1ccccc1OCCNC(=O)Nc1cccc2ccccc12. The monoisotopic (exact) mass is 336 g/mol. The lowest BCUT2D eigenvalue weighted by Gasteiger charge is -2.12. The van der Waals surface area contributed by atoms with Crippen LogP contribution in [0.4, 0.5) is 10.5 Å². The number of ether oxygens (including phenoxy) is 2. The van der Waals surface area contributed by atoms with Gasteiger partial charge in [-0.2, -0.15) is 0 Å². The fraction of sp³-hybridized carbons (Fsp3) is 0.150. The van der Waals surface area contributed by atoms with Crippen molar-refractivity contribution in [2.24, 2.45) is 0 Å². The van der Waals surface area contributed by atoms with Crippen LogP contribution in [-0.4, -0.2) is 26.3 Å². The molecule has 25 heavy (non-hydrogen) atoms. The molecule has 3 aromatic rings. The molecule has 0 unspecified atom stereocenters. The Morgan fingerprint density at radius 3 is 2.48 bits per heavy atom. The van der Waals surface area contributed by atoms with Crippen LogP contribution < -0.4 is 20.1 Å². The number of carbonyl (C=O) groups is 1. The number of amides is 2. The minimum Gasteiger partial charge on any atom is -0.493 e. The Balaban J connectivity index is 1.51. The van der Waals surface area contributed by atoms with E-state index in [-0.39, 0.29) is 6.03 Å². The molecule has 3 rings (SSSR count). The fourth-order valence-electron chi connectivity index (χ4n) is 2.56. The first-order chi connectivity index (χ1) is 12.3. The van der Waals surface area contributed by atoms with E-state index in [0.717, 1.165) is 16.5 Å². The Hall–Kier alpha value is -3.21. The van der Waals surface area contributed by atoms with E-state index in [1.807, 2.05) is 66.7 Å². The van der Waals surface area contributed by atoms with Crippen LogP contribution in [0.5, 0.6) is 11.5 Å². The highest BCUT2D eigenvalue weighted by atomic mass is 16.5. The number of hydrogen-bond acceptors (Lipinski definition) is 3. The molecule has 0 saturated carbocycles. The molecule has 5 heteroatoms. The van der Waals surface area contributed by atoms with Crippen molar-refractivity contribution in [1.82, 2.24) is 5.32 Å². The van der Waals surface area contributed by atoms with Crippen molar-refractivity contribution in [3.05, 3.63) is 66.7 Å². The summed E-state index contributed by atoms with van der Waals surface area (Å²) in [6.45, 7) is 0.734. The minimum absolute atomic E-state index is 0.264.